The number of carbonyl (C=O) groups is 1. The van der Waals surface area contributed by atoms with Gasteiger partial charge in [-0.25, -0.2) is 4.98 Å². The minimum atomic E-state index is -0.143. The van der Waals surface area contributed by atoms with Crippen LogP contribution in [0.4, 0.5) is 5.13 Å². The summed E-state index contributed by atoms with van der Waals surface area (Å²) >= 11 is 4.86. The van der Waals surface area contributed by atoms with E-state index in [-0.39, 0.29) is 5.91 Å². The lowest BCUT2D eigenvalue weighted by molar-refractivity contribution is 0.102. The Hall–Kier alpha value is -1.72. The molecule has 1 aromatic heterocycles. The van der Waals surface area contributed by atoms with Crippen molar-refractivity contribution in [1.82, 2.24) is 4.98 Å². The van der Waals surface area contributed by atoms with Gasteiger partial charge in [-0.15, -0.1) is 0 Å². The number of fused-ring (bicyclic) bond motifs is 1. The monoisotopic (exact) mass is 374 g/mol. The summed E-state index contributed by atoms with van der Waals surface area (Å²) in [6.07, 6.45) is 0. The Balaban J connectivity index is 1.84. The van der Waals surface area contributed by atoms with Crippen LogP contribution in [0.25, 0.3) is 10.2 Å². The molecule has 0 saturated carbocycles. The molecular formula is C17H15BrN2OS. The molecule has 0 aliphatic rings. The Morgan fingerprint density at radius 1 is 1.18 bits per heavy atom. The number of rotatable bonds is 3. The standard InChI is InChI=1S/C17H15BrN2OS/c1-10(2)12-5-8-14-15(9-12)22-17(19-14)20-16(21)11-3-6-13(18)7-4-11/h3-10H,1-2H3,(H,19,20,21). The smallest absolute Gasteiger partial charge is 0.257 e. The van der Waals surface area contributed by atoms with Crippen LogP contribution in [0.15, 0.2) is 46.9 Å². The van der Waals surface area contributed by atoms with Crippen LogP contribution in [-0.4, -0.2) is 10.9 Å². The first-order valence-corrected chi connectivity index (χ1v) is 8.61. The molecule has 2 aromatic carbocycles. The fraction of sp³-hybridized carbons (Fsp3) is 0.176. The van der Waals surface area contributed by atoms with Gasteiger partial charge in [0.15, 0.2) is 5.13 Å². The predicted octanol–water partition coefficient (Wildman–Crippen LogP) is 5.43. The largest absolute Gasteiger partial charge is 0.298 e. The predicted molar refractivity (Wildman–Crippen MR) is 95.8 cm³/mol. The van der Waals surface area contributed by atoms with Gasteiger partial charge in [-0.2, -0.15) is 0 Å². The van der Waals surface area contributed by atoms with Gasteiger partial charge in [-0.3, -0.25) is 10.1 Å². The molecule has 22 heavy (non-hydrogen) atoms. The third-order valence-electron chi connectivity index (χ3n) is 3.41. The number of hydrogen-bond donors (Lipinski definition) is 1. The molecule has 0 aliphatic carbocycles. The first-order chi connectivity index (χ1) is 10.5. The summed E-state index contributed by atoms with van der Waals surface area (Å²) in [5.74, 6) is 0.336. The van der Waals surface area contributed by atoms with Gasteiger partial charge in [0.05, 0.1) is 10.2 Å². The molecule has 1 heterocycles. The number of nitrogens with one attached hydrogen (secondary N) is 1. The van der Waals surface area contributed by atoms with E-state index >= 15 is 0 Å². The third kappa shape index (κ3) is 3.20. The molecular weight excluding hydrogens is 360 g/mol. The second kappa shape index (κ2) is 6.18. The number of aromatic nitrogens is 1. The number of thiazole rings is 1. The average molecular weight is 375 g/mol. The number of nitrogens with zero attached hydrogens (tertiary/aromatic N) is 1. The van der Waals surface area contributed by atoms with Crippen molar-refractivity contribution >= 4 is 48.5 Å². The van der Waals surface area contributed by atoms with Gasteiger partial charge < -0.3 is 0 Å². The van der Waals surface area contributed by atoms with Crippen molar-refractivity contribution < 1.29 is 4.79 Å². The van der Waals surface area contributed by atoms with E-state index in [1.165, 1.54) is 16.9 Å². The lowest BCUT2D eigenvalue weighted by Crippen LogP contribution is -2.11. The van der Waals surface area contributed by atoms with Crippen molar-refractivity contribution in [1.29, 1.82) is 0 Å². The van der Waals surface area contributed by atoms with E-state index in [4.69, 9.17) is 0 Å². The second-order valence-electron chi connectivity index (χ2n) is 5.36. The molecule has 0 atom stereocenters. The molecule has 3 rings (SSSR count). The number of hydrogen-bond acceptors (Lipinski definition) is 3. The zero-order valence-corrected chi connectivity index (χ0v) is 14.7. The van der Waals surface area contributed by atoms with E-state index in [1.54, 1.807) is 12.1 Å². The number of anilines is 1. The third-order valence-corrected chi connectivity index (χ3v) is 4.87. The summed E-state index contributed by atoms with van der Waals surface area (Å²) in [6.45, 7) is 4.33. The van der Waals surface area contributed by atoms with Gasteiger partial charge in [-0.05, 0) is 47.9 Å². The molecule has 0 radical (unpaired) electrons. The fourth-order valence-corrected chi connectivity index (χ4v) is 3.30. The van der Waals surface area contributed by atoms with Crippen LogP contribution in [0.5, 0.6) is 0 Å². The lowest BCUT2D eigenvalue weighted by atomic mass is 10.0. The minimum Gasteiger partial charge on any atom is -0.298 e. The summed E-state index contributed by atoms with van der Waals surface area (Å²) in [6, 6.07) is 13.5. The number of benzene rings is 2. The Morgan fingerprint density at radius 2 is 1.91 bits per heavy atom. The van der Waals surface area contributed by atoms with Crippen molar-refractivity contribution in [3.05, 3.63) is 58.1 Å². The molecule has 0 unspecified atom stereocenters. The van der Waals surface area contributed by atoms with Gasteiger partial charge in [-0.1, -0.05) is 47.2 Å². The second-order valence-corrected chi connectivity index (χ2v) is 7.31. The molecule has 3 nitrogen and oxygen atoms in total. The summed E-state index contributed by atoms with van der Waals surface area (Å²) in [5, 5.41) is 3.50. The summed E-state index contributed by atoms with van der Waals surface area (Å²) < 4.78 is 2.04. The minimum absolute atomic E-state index is 0.143. The topological polar surface area (TPSA) is 42.0 Å². The van der Waals surface area contributed by atoms with Crippen molar-refractivity contribution in [3.63, 3.8) is 0 Å². The molecule has 3 aromatic rings. The summed E-state index contributed by atoms with van der Waals surface area (Å²) in [7, 11) is 0. The number of carbonyl (C=O) groups excluding carboxylic acids is 1. The number of halogens is 1. The molecule has 112 valence electrons. The van der Waals surface area contributed by atoms with E-state index in [9.17, 15) is 4.79 Å². The molecule has 0 bridgehead atoms. The van der Waals surface area contributed by atoms with Crippen LogP contribution in [0.3, 0.4) is 0 Å². The summed E-state index contributed by atoms with van der Waals surface area (Å²) in [5.41, 5.74) is 2.81. The maximum Gasteiger partial charge on any atom is 0.257 e. The highest BCUT2D eigenvalue weighted by atomic mass is 79.9. The first kappa shape index (κ1) is 15.2. The molecule has 5 heteroatoms. The van der Waals surface area contributed by atoms with Crippen LogP contribution >= 0.6 is 27.3 Å². The van der Waals surface area contributed by atoms with Crippen molar-refractivity contribution in [2.24, 2.45) is 0 Å². The highest BCUT2D eigenvalue weighted by Gasteiger charge is 2.11. The maximum atomic E-state index is 12.2. The lowest BCUT2D eigenvalue weighted by Gasteiger charge is -2.03. The van der Waals surface area contributed by atoms with Crippen LogP contribution < -0.4 is 5.32 Å². The van der Waals surface area contributed by atoms with Gasteiger partial charge in [0.25, 0.3) is 5.91 Å². The van der Waals surface area contributed by atoms with Gasteiger partial charge in [0.1, 0.15) is 0 Å². The average Bonchev–Trinajstić information content (AvgIpc) is 2.88. The van der Waals surface area contributed by atoms with Gasteiger partial charge >= 0.3 is 0 Å². The molecule has 0 aliphatic heterocycles. The van der Waals surface area contributed by atoms with E-state index in [1.807, 2.05) is 18.2 Å². The normalized spacial score (nSPS) is 11.1. The van der Waals surface area contributed by atoms with Crippen LogP contribution in [-0.2, 0) is 0 Å². The van der Waals surface area contributed by atoms with Crippen molar-refractivity contribution in [2.45, 2.75) is 19.8 Å². The molecule has 1 N–H and O–H groups in total. The maximum absolute atomic E-state index is 12.2. The molecule has 0 spiro atoms. The van der Waals surface area contributed by atoms with Crippen molar-refractivity contribution in [2.75, 3.05) is 5.32 Å². The van der Waals surface area contributed by atoms with Gasteiger partial charge in [0, 0.05) is 10.0 Å². The van der Waals surface area contributed by atoms with Crippen LogP contribution in [0, 0.1) is 0 Å². The zero-order chi connectivity index (χ0) is 15.7. The highest BCUT2D eigenvalue weighted by molar-refractivity contribution is 9.10. The Kier molecular flexibility index (Phi) is 4.27. The Bertz CT molecular complexity index is 824. The molecule has 0 saturated heterocycles. The number of amides is 1. The van der Waals surface area contributed by atoms with Crippen LogP contribution in [0.2, 0.25) is 0 Å². The van der Waals surface area contributed by atoms with E-state index in [2.05, 4.69) is 52.2 Å². The molecule has 1 amide bonds. The quantitative estimate of drug-likeness (QED) is 0.663. The SMILES string of the molecule is CC(C)c1ccc2nc(NC(=O)c3ccc(Br)cc3)sc2c1. The van der Waals surface area contributed by atoms with Crippen LogP contribution in [0.1, 0.15) is 35.7 Å². The first-order valence-electron chi connectivity index (χ1n) is 7.00. The van der Waals surface area contributed by atoms with Crippen molar-refractivity contribution in [3.8, 4) is 0 Å². The molecule has 0 fully saturated rings. The summed E-state index contributed by atoms with van der Waals surface area (Å²) in [4.78, 5) is 16.7. The van der Waals surface area contributed by atoms with E-state index < -0.39 is 0 Å². The Morgan fingerprint density at radius 3 is 2.59 bits per heavy atom. The Labute approximate surface area is 141 Å². The van der Waals surface area contributed by atoms with E-state index in [0.29, 0.717) is 16.6 Å². The highest BCUT2D eigenvalue weighted by Crippen LogP contribution is 2.29. The van der Waals surface area contributed by atoms with E-state index in [0.717, 1.165) is 14.7 Å². The fourth-order valence-electron chi connectivity index (χ4n) is 2.12. The zero-order valence-electron chi connectivity index (χ0n) is 12.3. The van der Waals surface area contributed by atoms with Gasteiger partial charge in [0.2, 0.25) is 0 Å².